The maximum absolute atomic E-state index is 10.4. The van der Waals surface area contributed by atoms with Crippen molar-refractivity contribution in [2.24, 2.45) is 0 Å². The molecule has 0 amide bonds. The molecule has 0 fully saturated rings. The fraction of sp³-hybridized carbons (Fsp3) is 0.250. The molecule has 0 saturated carbocycles. The number of ether oxygens (including phenoxy) is 5. The Kier molecular flexibility index (Phi) is 4.39. The van der Waals surface area contributed by atoms with Gasteiger partial charge < -0.3 is 39.2 Å². The molecule has 3 aliphatic rings. The van der Waals surface area contributed by atoms with Crippen molar-refractivity contribution in [3.05, 3.63) is 65.2 Å². The topological polar surface area (TPSA) is 98.6 Å². The highest BCUT2D eigenvalue weighted by Crippen LogP contribution is 2.44. The van der Waals surface area contributed by atoms with E-state index in [1.807, 2.05) is 36.4 Å². The first-order valence-corrected chi connectivity index (χ1v) is 10.4. The van der Waals surface area contributed by atoms with E-state index in [-0.39, 0.29) is 37.2 Å². The maximum Gasteiger partial charge on any atom is 0.231 e. The molecule has 32 heavy (non-hydrogen) atoms. The average Bonchev–Trinajstić information content (AvgIpc) is 3.45. The van der Waals surface area contributed by atoms with E-state index in [0.29, 0.717) is 35.8 Å². The lowest BCUT2D eigenvalue weighted by Gasteiger charge is -2.35. The number of benzene rings is 3. The fourth-order valence-electron chi connectivity index (χ4n) is 4.34. The molecule has 8 heteroatoms. The Morgan fingerprint density at radius 3 is 2.31 bits per heavy atom. The van der Waals surface area contributed by atoms with Gasteiger partial charge in [-0.2, -0.15) is 0 Å². The second kappa shape index (κ2) is 7.42. The van der Waals surface area contributed by atoms with Crippen molar-refractivity contribution >= 4 is 0 Å². The van der Waals surface area contributed by atoms with Crippen LogP contribution >= 0.6 is 0 Å². The number of rotatable bonds is 4. The van der Waals surface area contributed by atoms with Gasteiger partial charge in [0.2, 0.25) is 13.6 Å². The fourth-order valence-corrected chi connectivity index (χ4v) is 4.34. The first-order chi connectivity index (χ1) is 15.6. The monoisotopic (exact) mass is 435 g/mol. The third-order valence-corrected chi connectivity index (χ3v) is 5.94. The predicted octanol–water partition coefficient (Wildman–Crippen LogP) is 3.39. The molecule has 164 valence electrons. The Hall–Kier alpha value is -3.78. The van der Waals surface area contributed by atoms with E-state index in [1.165, 1.54) is 12.1 Å². The van der Waals surface area contributed by atoms with Crippen molar-refractivity contribution in [1.29, 1.82) is 0 Å². The first kappa shape index (κ1) is 18.9. The molecule has 3 aliphatic heterocycles. The molecule has 3 N–H and O–H groups in total. The third-order valence-electron chi connectivity index (χ3n) is 5.94. The van der Waals surface area contributed by atoms with E-state index < -0.39 is 0 Å². The summed E-state index contributed by atoms with van der Waals surface area (Å²) in [6, 6.07) is 14.3. The van der Waals surface area contributed by atoms with Crippen LogP contribution in [0, 0.1) is 0 Å². The van der Waals surface area contributed by atoms with Crippen LogP contribution in [0.5, 0.6) is 40.2 Å². The van der Waals surface area contributed by atoms with E-state index in [4.69, 9.17) is 23.7 Å². The van der Waals surface area contributed by atoms with E-state index >= 15 is 0 Å². The second-order valence-electron chi connectivity index (χ2n) is 7.97. The molecule has 3 aromatic rings. The molecule has 3 aromatic carbocycles. The van der Waals surface area contributed by atoms with E-state index in [2.05, 4.69) is 5.32 Å². The number of hydrogen-bond donors (Lipinski definition) is 3. The highest BCUT2D eigenvalue weighted by atomic mass is 16.7. The van der Waals surface area contributed by atoms with Crippen LogP contribution in [0.2, 0.25) is 0 Å². The first-order valence-electron chi connectivity index (χ1n) is 10.4. The zero-order chi connectivity index (χ0) is 21.7. The SMILES string of the molecule is Oc1cc(O)c2c(c1)O[C@H](c1ccc3c(c1)OCO3)[C@H](NCc1ccc3c(c1)OCO3)C2. The Bertz CT molecular complexity index is 1200. The summed E-state index contributed by atoms with van der Waals surface area (Å²) in [6.07, 6.45) is 0.151. The number of hydrogen-bond acceptors (Lipinski definition) is 8. The standard InChI is InChI=1S/C24H21NO7/c26-15-7-18(27)16-9-17(25-10-13-1-3-19-22(5-13)30-11-28-19)24(32-21(16)8-15)14-2-4-20-23(6-14)31-12-29-20/h1-8,17,24-27H,9-12H2/t17-,24-/m1/s1. The molecular weight excluding hydrogens is 414 g/mol. The lowest BCUT2D eigenvalue weighted by molar-refractivity contribution is 0.130. The van der Waals surface area contributed by atoms with Crippen LogP contribution in [0.3, 0.4) is 0 Å². The molecule has 3 heterocycles. The van der Waals surface area contributed by atoms with Crippen LogP contribution in [0.1, 0.15) is 22.8 Å². The van der Waals surface area contributed by atoms with Gasteiger partial charge in [0, 0.05) is 24.2 Å². The van der Waals surface area contributed by atoms with Gasteiger partial charge in [0.15, 0.2) is 23.0 Å². The average molecular weight is 435 g/mol. The molecule has 2 atom stereocenters. The molecular formula is C24H21NO7. The van der Waals surface area contributed by atoms with Crippen LogP contribution in [0.4, 0.5) is 0 Å². The quantitative estimate of drug-likeness (QED) is 0.574. The van der Waals surface area contributed by atoms with Gasteiger partial charge in [-0.15, -0.1) is 0 Å². The van der Waals surface area contributed by atoms with Gasteiger partial charge in [-0.05, 0) is 41.8 Å². The van der Waals surface area contributed by atoms with Crippen molar-refractivity contribution in [3.63, 3.8) is 0 Å². The summed E-state index contributed by atoms with van der Waals surface area (Å²) in [4.78, 5) is 0. The van der Waals surface area contributed by atoms with Crippen molar-refractivity contribution < 1.29 is 33.9 Å². The smallest absolute Gasteiger partial charge is 0.231 e. The largest absolute Gasteiger partial charge is 0.508 e. The van der Waals surface area contributed by atoms with Gasteiger partial charge in [-0.25, -0.2) is 0 Å². The summed E-state index contributed by atoms with van der Waals surface area (Å²) in [6.45, 7) is 0.998. The van der Waals surface area contributed by atoms with Crippen molar-refractivity contribution in [1.82, 2.24) is 5.32 Å². The van der Waals surface area contributed by atoms with Crippen LogP contribution in [-0.4, -0.2) is 29.8 Å². The number of phenols is 2. The van der Waals surface area contributed by atoms with E-state index in [0.717, 1.165) is 22.6 Å². The maximum atomic E-state index is 10.4. The molecule has 8 nitrogen and oxygen atoms in total. The predicted molar refractivity (Wildman–Crippen MR) is 113 cm³/mol. The summed E-state index contributed by atoms with van der Waals surface area (Å²) < 4.78 is 28.1. The summed E-state index contributed by atoms with van der Waals surface area (Å²) in [5, 5.41) is 23.9. The number of fused-ring (bicyclic) bond motifs is 3. The highest BCUT2D eigenvalue weighted by molar-refractivity contribution is 5.53. The van der Waals surface area contributed by atoms with E-state index in [9.17, 15) is 10.2 Å². The zero-order valence-corrected chi connectivity index (χ0v) is 17.0. The minimum Gasteiger partial charge on any atom is -0.508 e. The second-order valence-corrected chi connectivity index (χ2v) is 7.97. The summed E-state index contributed by atoms with van der Waals surface area (Å²) >= 11 is 0. The zero-order valence-electron chi connectivity index (χ0n) is 17.0. The molecule has 0 aliphatic carbocycles. The van der Waals surface area contributed by atoms with Gasteiger partial charge in [0.1, 0.15) is 23.4 Å². The summed E-state index contributed by atoms with van der Waals surface area (Å²) in [5.41, 5.74) is 2.60. The van der Waals surface area contributed by atoms with E-state index in [1.54, 1.807) is 0 Å². The Morgan fingerprint density at radius 2 is 1.50 bits per heavy atom. The Labute approximate surface area is 183 Å². The normalized spacial score (nSPS) is 20.0. The van der Waals surface area contributed by atoms with Gasteiger partial charge in [-0.1, -0.05) is 12.1 Å². The molecule has 0 spiro atoms. The van der Waals surface area contributed by atoms with Gasteiger partial charge in [-0.3, -0.25) is 0 Å². The van der Waals surface area contributed by atoms with Crippen LogP contribution in [-0.2, 0) is 13.0 Å². The van der Waals surface area contributed by atoms with Crippen molar-refractivity contribution in [3.8, 4) is 40.2 Å². The van der Waals surface area contributed by atoms with Crippen LogP contribution in [0.25, 0.3) is 0 Å². The minimum absolute atomic E-state index is 0.0130. The minimum atomic E-state index is -0.368. The molecule has 0 aromatic heterocycles. The molecule has 0 saturated heterocycles. The number of nitrogens with one attached hydrogen (secondary N) is 1. The third kappa shape index (κ3) is 3.29. The molecule has 0 bridgehead atoms. The van der Waals surface area contributed by atoms with Crippen molar-refractivity contribution in [2.45, 2.75) is 25.1 Å². The Balaban J connectivity index is 1.31. The summed E-state index contributed by atoms with van der Waals surface area (Å²) in [5.74, 6) is 3.28. The van der Waals surface area contributed by atoms with Crippen LogP contribution < -0.4 is 29.0 Å². The van der Waals surface area contributed by atoms with Gasteiger partial charge in [0.05, 0.1) is 6.04 Å². The number of aromatic hydroxyl groups is 2. The lowest BCUT2D eigenvalue weighted by atomic mass is 9.91. The highest BCUT2D eigenvalue weighted by Gasteiger charge is 2.34. The molecule has 6 rings (SSSR count). The van der Waals surface area contributed by atoms with Crippen LogP contribution in [0.15, 0.2) is 48.5 Å². The molecule has 0 radical (unpaired) electrons. The van der Waals surface area contributed by atoms with Crippen molar-refractivity contribution in [2.75, 3.05) is 13.6 Å². The number of phenolic OH excluding ortho intramolecular Hbond substituents is 2. The molecule has 0 unspecified atom stereocenters. The lowest BCUT2D eigenvalue weighted by Crippen LogP contribution is -2.41. The Morgan fingerprint density at radius 1 is 0.781 bits per heavy atom. The summed E-state index contributed by atoms with van der Waals surface area (Å²) in [7, 11) is 0. The van der Waals surface area contributed by atoms with Gasteiger partial charge >= 0.3 is 0 Å². The van der Waals surface area contributed by atoms with Gasteiger partial charge in [0.25, 0.3) is 0 Å².